The van der Waals surface area contributed by atoms with Gasteiger partial charge >= 0.3 is 6.18 Å². The predicted octanol–water partition coefficient (Wildman–Crippen LogP) is 13.0. The molecule has 0 radical (unpaired) electrons. The smallest absolute Gasteiger partial charge is 0.166 e. The molecule has 1 aromatic carbocycles. The maximum Gasteiger partial charge on any atom is 0.416 e. The van der Waals surface area contributed by atoms with Crippen LogP contribution in [0.5, 0.6) is 0 Å². The quantitative estimate of drug-likeness (QED) is 0.341. The van der Waals surface area contributed by atoms with Crippen LogP contribution in [0.3, 0.4) is 0 Å². The highest BCUT2D eigenvalue weighted by molar-refractivity contribution is 5.25. The molecule has 0 saturated heterocycles. The van der Waals surface area contributed by atoms with Gasteiger partial charge in [-0.3, -0.25) is 0 Å². The second kappa shape index (κ2) is 15.5. The molecule has 0 bridgehead atoms. The molecule has 2 aliphatic carbocycles. The van der Waals surface area contributed by atoms with E-state index in [1.54, 1.807) is 12.1 Å². The lowest BCUT2D eigenvalue weighted by Gasteiger charge is -2.38. The van der Waals surface area contributed by atoms with E-state index in [1.165, 1.54) is 57.8 Å². The van der Waals surface area contributed by atoms with Crippen molar-refractivity contribution in [2.45, 2.75) is 153 Å². The first-order valence-corrected chi connectivity index (χ1v) is 16.2. The summed E-state index contributed by atoms with van der Waals surface area (Å²) in [5.74, 6) is 4.90. The van der Waals surface area contributed by atoms with Gasteiger partial charge in [-0.2, -0.15) is 13.2 Å². The number of halogens is 3. The molecule has 0 amide bonds. The molecule has 2 saturated carbocycles. The summed E-state index contributed by atoms with van der Waals surface area (Å²) in [6.45, 7) is 27.7. The van der Waals surface area contributed by atoms with Gasteiger partial charge in [0.1, 0.15) is 0 Å². The van der Waals surface area contributed by atoms with Gasteiger partial charge in [0.2, 0.25) is 0 Å². The van der Waals surface area contributed by atoms with Crippen LogP contribution in [0.2, 0.25) is 0 Å². The van der Waals surface area contributed by atoms with E-state index in [2.05, 4.69) is 83.1 Å². The van der Waals surface area contributed by atoms with Crippen molar-refractivity contribution in [1.82, 2.24) is 0 Å². The topological polar surface area (TPSA) is 0 Å². The largest absolute Gasteiger partial charge is 0.416 e. The Morgan fingerprint density at radius 1 is 0.650 bits per heavy atom. The Morgan fingerprint density at radius 3 is 1.43 bits per heavy atom. The molecule has 0 spiro atoms. The Hall–Kier alpha value is -0.990. The van der Waals surface area contributed by atoms with Crippen molar-refractivity contribution in [3.63, 3.8) is 0 Å². The number of rotatable bonds is 3. The van der Waals surface area contributed by atoms with Gasteiger partial charge < -0.3 is 0 Å². The average molecular weight is 567 g/mol. The summed E-state index contributed by atoms with van der Waals surface area (Å²) in [5.41, 5.74) is 1.51. The second-order valence-electron chi connectivity index (χ2n) is 17.0. The molecule has 0 heterocycles. The molecule has 2 aliphatic rings. The zero-order valence-electron chi connectivity index (χ0n) is 28.4. The van der Waals surface area contributed by atoms with Gasteiger partial charge in [0, 0.05) is 0 Å². The summed E-state index contributed by atoms with van der Waals surface area (Å²) in [5, 5.41) is 0. The number of benzene rings is 1. The second-order valence-corrected chi connectivity index (χ2v) is 17.0. The van der Waals surface area contributed by atoms with Crippen LogP contribution in [-0.4, -0.2) is 0 Å². The molecule has 234 valence electrons. The summed E-state index contributed by atoms with van der Waals surface area (Å²) in [4.78, 5) is 0. The van der Waals surface area contributed by atoms with Gasteiger partial charge in [0.05, 0.1) is 5.56 Å². The van der Waals surface area contributed by atoms with Crippen LogP contribution in [0.25, 0.3) is 0 Å². The minimum Gasteiger partial charge on any atom is -0.166 e. The lowest BCUT2D eigenvalue weighted by Crippen LogP contribution is -2.28. The molecule has 2 fully saturated rings. The summed E-state index contributed by atoms with van der Waals surface area (Å²) < 4.78 is 36.8. The monoisotopic (exact) mass is 567 g/mol. The summed E-state index contributed by atoms with van der Waals surface area (Å²) in [7, 11) is 0. The lowest BCUT2D eigenvalue weighted by atomic mass is 9.68. The Balaban J connectivity index is 0.000000302. The van der Waals surface area contributed by atoms with Crippen molar-refractivity contribution in [1.29, 1.82) is 0 Å². The Bertz CT molecular complexity index is 797. The minimum absolute atomic E-state index is 0.0970. The minimum atomic E-state index is -4.24. The molecule has 3 rings (SSSR count). The van der Waals surface area contributed by atoms with Crippen LogP contribution in [-0.2, 0) is 12.6 Å². The Labute approximate surface area is 247 Å². The van der Waals surface area contributed by atoms with Gasteiger partial charge in [0.15, 0.2) is 0 Å². The van der Waals surface area contributed by atoms with Crippen molar-refractivity contribution in [2.24, 2.45) is 45.8 Å². The van der Waals surface area contributed by atoms with Gasteiger partial charge in [-0.1, -0.05) is 134 Å². The normalized spacial score (nSPS) is 25.2. The van der Waals surface area contributed by atoms with E-state index in [9.17, 15) is 13.2 Å². The standard InChI is InChI=1S/C13H26.C12H15F3.C12H24/c1-10-6-8-12(9-7-10)11(2)13(3,4)5;1-11(2,3)8-9-4-6-10(7-5-9)12(13,14)15;1-10-5-7-11(8-6-10)9-12(2,3)4/h10-12H,6-9H2,1-5H3;4-7H,8H2,1-3H3;10-11H,5-9H2,1-4H3. The van der Waals surface area contributed by atoms with E-state index in [0.717, 1.165) is 53.7 Å². The zero-order chi connectivity index (χ0) is 30.9. The number of hydrogen-bond donors (Lipinski definition) is 0. The van der Waals surface area contributed by atoms with Crippen LogP contribution in [0.1, 0.15) is 152 Å². The number of alkyl halides is 3. The van der Waals surface area contributed by atoms with E-state index in [-0.39, 0.29) is 5.41 Å². The average Bonchev–Trinajstić information content (AvgIpc) is 2.79. The van der Waals surface area contributed by atoms with Crippen molar-refractivity contribution >= 4 is 0 Å². The predicted molar refractivity (Wildman–Crippen MR) is 170 cm³/mol. The van der Waals surface area contributed by atoms with Crippen molar-refractivity contribution in [3.8, 4) is 0 Å². The molecule has 3 heteroatoms. The summed E-state index contributed by atoms with van der Waals surface area (Å²) in [6, 6.07) is 5.38. The molecule has 0 aliphatic heterocycles. The van der Waals surface area contributed by atoms with E-state index < -0.39 is 11.7 Å². The highest BCUT2D eigenvalue weighted by Crippen LogP contribution is 2.41. The van der Waals surface area contributed by atoms with E-state index in [0.29, 0.717) is 10.8 Å². The summed E-state index contributed by atoms with van der Waals surface area (Å²) >= 11 is 0. The molecule has 1 atom stereocenters. The van der Waals surface area contributed by atoms with Crippen molar-refractivity contribution in [3.05, 3.63) is 35.4 Å². The number of hydrogen-bond acceptors (Lipinski definition) is 0. The molecule has 0 N–H and O–H groups in total. The lowest BCUT2D eigenvalue weighted by molar-refractivity contribution is -0.137. The maximum atomic E-state index is 12.3. The van der Waals surface area contributed by atoms with E-state index >= 15 is 0 Å². The highest BCUT2D eigenvalue weighted by Gasteiger charge is 2.31. The van der Waals surface area contributed by atoms with Crippen LogP contribution < -0.4 is 0 Å². The first kappa shape index (κ1) is 37.0. The third-order valence-corrected chi connectivity index (χ3v) is 9.19. The molecule has 40 heavy (non-hydrogen) atoms. The Kier molecular flexibility index (Phi) is 14.3. The van der Waals surface area contributed by atoms with Crippen LogP contribution in [0, 0.1) is 45.8 Å². The molecule has 1 unspecified atom stereocenters. The SMILES string of the molecule is CC(C)(C)Cc1ccc(C(F)(F)F)cc1.CC1CCC(C(C)C(C)(C)C)CC1.CC1CCC(CC(C)(C)C)CC1. The van der Waals surface area contributed by atoms with Gasteiger partial charge in [0.25, 0.3) is 0 Å². The molecule has 0 aromatic heterocycles. The third kappa shape index (κ3) is 15.9. The third-order valence-electron chi connectivity index (χ3n) is 9.19. The first-order valence-electron chi connectivity index (χ1n) is 16.2. The van der Waals surface area contributed by atoms with Crippen molar-refractivity contribution < 1.29 is 13.2 Å². The van der Waals surface area contributed by atoms with Gasteiger partial charge in [-0.25, -0.2) is 0 Å². The zero-order valence-corrected chi connectivity index (χ0v) is 28.4. The molecular formula is C37H65F3. The molecular weight excluding hydrogens is 501 g/mol. The summed E-state index contributed by atoms with van der Waals surface area (Å²) in [6.07, 6.45) is 9.76. The van der Waals surface area contributed by atoms with Crippen molar-refractivity contribution in [2.75, 3.05) is 0 Å². The molecule has 1 aromatic rings. The van der Waals surface area contributed by atoms with Gasteiger partial charge in [-0.05, 0) is 89.2 Å². The fraction of sp³-hybridized carbons (Fsp3) is 0.838. The van der Waals surface area contributed by atoms with Crippen LogP contribution in [0.4, 0.5) is 13.2 Å². The van der Waals surface area contributed by atoms with E-state index in [4.69, 9.17) is 0 Å². The van der Waals surface area contributed by atoms with Crippen LogP contribution >= 0.6 is 0 Å². The van der Waals surface area contributed by atoms with E-state index in [1.807, 2.05) is 0 Å². The fourth-order valence-electron chi connectivity index (χ4n) is 6.32. The Morgan fingerprint density at radius 2 is 1.07 bits per heavy atom. The van der Waals surface area contributed by atoms with Gasteiger partial charge in [-0.15, -0.1) is 0 Å². The molecule has 0 nitrogen and oxygen atoms in total. The first-order chi connectivity index (χ1) is 18.1. The van der Waals surface area contributed by atoms with Crippen LogP contribution in [0.15, 0.2) is 24.3 Å². The highest BCUT2D eigenvalue weighted by atomic mass is 19.4. The fourth-order valence-corrected chi connectivity index (χ4v) is 6.32. The maximum absolute atomic E-state index is 12.3.